The molecule has 6 heteroatoms. The molecule has 1 aliphatic rings. The molecule has 1 aromatic carbocycles. The van der Waals surface area contributed by atoms with Crippen molar-refractivity contribution >= 4 is 5.69 Å². The first-order valence-corrected chi connectivity index (χ1v) is 7.43. The Bertz CT molecular complexity index is 459. The first-order chi connectivity index (χ1) is 10.2. The van der Waals surface area contributed by atoms with Gasteiger partial charge in [-0.05, 0) is 38.3 Å². The van der Waals surface area contributed by atoms with E-state index in [-0.39, 0.29) is 11.8 Å². The molecule has 0 atom stereocenters. The van der Waals surface area contributed by atoms with Gasteiger partial charge >= 0.3 is 5.69 Å². The summed E-state index contributed by atoms with van der Waals surface area (Å²) in [5.41, 5.74) is 0.0162. The molecule has 1 heterocycles. The molecular formula is C15H22N2O4. The molecule has 1 saturated heterocycles. The molecule has 0 saturated carbocycles. The van der Waals surface area contributed by atoms with Crippen molar-refractivity contribution in [3.05, 3.63) is 34.4 Å². The average molecular weight is 294 g/mol. The Morgan fingerprint density at radius 1 is 1.29 bits per heavy atom. The van der Waals surface area contributed by atoms with Crippen molar-refractivity contribution in [1.82, 2.24) is 4.90 Å². The molecule has 1 aliphatic heterocycles. The molecular weight excluding hydrogens is 272 g/mol. The fraction of sp³-hybridized carbons (Fsp3) is 0.600. The van der Waals surface area contributed by atoms with Crippen molar-refractivity contribution in [1.29, 1.82) is 0 Å². The van der Waals surface area contributed by atoms with Crippen molar-refractivity contribution in [2.45, 2.75) is 31.8 Å². The third kappa shape index (κ3) is 4.99. The Kier molecular flexibility index (Phi) is 5.95. The molecule has 0 unspecified atom stereocenters. The number of unbranched alkanes of at least 4 members (excludes halogenated alkanes) is 1. The molecule has 116 valence electrons. The lowest BCUT2D eigenvalue weighted by atomic mass is 10.1. The van der Waals surface area contributed by atoms with Crippen molar-refractivity contribution in [2.24, 2.45) is 0 Å². The number of piperidine rings is 1. The van der Waals surface area contributed by atoms with Crippen molar-refractivity contribution in [2.75, 3.05) is 26.2 Å². The third-order valence-corrected chi connectivity index (χ3v) is 3.75. The van der Waals surface area contributed by atoms with E-state index >= 15 is 0 Å². The Balaban J connectivity index is 1.65. The quantitative estimate of drug-likeness (QED) is 0.474. The van der Waals surface area contributed by atoms with Crippen molar-refractivity contribution in [3.63, 3.8) is 0 Å². The van der Waals surface area contributed by atoms with Crippen LogP contribution in [0.3, 0.4) is 0 Å². The van der Waals surface area contributed by atoms with Crippen LogP contribution in [-0.4, -0.2) is 47.3 Å². The maximum absolute atomic E-state index is 10.8. The van der Waals surface area contributed by atoms with Gasteiger partial charge in [-0.25, -0.2) is 0 Å². The van der Waals surface area contributed by atoms with Gasteiger partial charge in [0.1, 0.15) is 0 Å². The molecule has 1 fully saturated rings. The van der Waals surface area contributed by atoms with Gasteiger partial charge in [-0.1, -0.05) is 12.1 Å². The van der Waals surface area contributed by atoms with E-state index in [1.54, 1.807) is 18.2 Å². The zero-order valence-corrected chi connectivity index (χ0v) is 12.1. The first-order valence-electron chi connectivity index (χ1n) is 7.43. The summed E-state index contributed by atoms with van der Waals surface area (Å²) in [6, 6.07) is 6.45. The van der Waals surface area contributed by atoms with E-state index in [0.717, 1.165) is 45.3 Å². The monoisotopic (exact) mass is 294 g/mol. The Morgan fingerprint density at radius 3 is 2.71 bits per heavy atom. The molecule has 0 spiro atoms. The van der Waals surface area contributed by atoms with E-state index in [1.165, 1.54) is 6.07 Å². The van der Waals surface area contributed by atoms with Gasteiger partial charge in [-0.2, -0.15) is 0 Å². The number of hydrogen-bond donors (Lipinski definition) is 1. The van der Waals surface area contributed by atoms with Gasteiger partial charge in [0.25, 0.3) is 0 Å². The first kappa shape index (κ1) is 15.7. The average Bonchev–Trinajstić information content (AvgIpc) is 2.49. The number of rotatable bonds is 7. The number of aliphatic hydroxyl groups is 1. The minimum atomic E-state index is -0.422. The molecule has 0 amide bonds. The topological polar surface area (TPSA) is 75.8 Å². The number of nitrogens with zero attached hydrogens (tertiary/aromatic N) is 2. The van der Waals surface area contributed by atoms with Gasteiger partial charge in [0.15, 0.2) is 5.75 Å². The predicted octanol–water partition coefficient (Wildman–Crippen LogP) is 2.21. The summed E-state index contributed by atoms with van der Waals surface area (Å²) in [6.07, 6.45) is 3.43. The molecule has 1 aromatic rings. The lowest BCUT2D eigenvalue weighted by Crippen LogP contribution is -2.36. The Morgan fingerprint density at radius 2 is 2.00 bits per heavy atom. The molecule has 0 aromatic heterocycles. The zero-order valence-electron chi connectivity index (χ0n) is 12.1. The van der Waals surface area contributed by atoms with Crippen LogP contribution in [0.5, 0.6) is 5.75 Å². The number of nitro groups is 1. The summed E-state index contributed by atoms with van der Waals surface area (Å²) in [4.78, 5) is 12.8. The van der Waals surface area contributed by atoms with Crippen LogP contribution in [0, 0.1) is 10.1 Å². The van der Waals surface area contributed by atoms with Crippen LogP contribution in [0.4, 0.5) is 5.69 Å². The summed E-state index contributed by atoms with van der Waals surface area (Å²) in [6.45, 7) is 3.38. The van der Waals surface area contributed by atoms with Crippen LogP contribution < -0.4 is 4.74 Å². The standard InChI is InChI=1S/C15H22N2O4/c18-13-7-10-16(11-8-13)9-3-4-12-21-15-6-2-1-5-14(15)17(19)20/h1-2,5-6,13,18H,3-4,7-12H2. The predicted molar refractivity (Wildman–Crippen MR) is 79.5 cm³/mol. The normalized spacial score (nSPS) is 16.8. The van der Waals surface area contributed by atoms with Gasteiger partial charge in [0.2, 0.25) is 0 Å². The minimum Gasteiger partial charge on any atom is -0.487 e. The fourth-order valence-corrected chi connectivity index (χ4v) is 2.49. The largest absolute Gasteiger partial charge is 0.487 e. The maximum Gasteiger partial charge on any atom is 0.310 e. The molecule has 0 bridgehead atoms. The van der Waals surface area contributed by atoms with Crippen LogP contribution in [-0.2, 0) is 0 Å². The second kappa shape index (κ2) is 7.95. The zero-order chi connectivity index (χ0) is 15.1. The third-order valence-electron chi connectivity index (χ3n) is 3.75. The fourth-order valence-electron chi connectivity index (χ4n) is 2.49. The lowest BCUT2D eigenvalue weighted by molar-refractivity contribution is -0.385. The van der Waals surface area contributed by atoms with Crippen molar-refractivity contribution in [3.8, 4) is 5.75 Å². The van der Waals surface area contributed by atoms with Gasteiger partial charge in [-0.15, -0.1) is 0 Å². The van der Waals surface area contributed by atoms with Crippen LogP contribution >= 0.6 is 0 Å². The SMILES string of the molecule is O=[N+]([O-])c1ccccc1OCCCCN1CCC(O)CC1. The van der Waals surface area contributed by atoms with E-state index in [4.69, 9.17) is 4.74 Å². The Hall–Kier alpha value is -1.66. The Labute approximate surface area is 124 Å². The highest BCUT2D eigenvalue weighted by Gasteiger charge is 2.16. The second-order valence-electron chi connectivity index (χ2n) is 5.35. The molecule has 2 rings (SSSR count). The smallest absolute Gasteiger partial charge is 0.310 e. The summed E-state index contributed by atoms with van der Waals surface area (Å²) < 4.78 is 5.50. The van der Waals surface area contributed by atoms with E-state index in [9.17, 15) is 15.2 Å². The summed E-state index contributed by atoms with van der Waals surface area (Å²) in [7, 11) is 0. The van der Waals surface area contributed by atoms with Gasteiger partial charge in [0, 0.05) is 19.2 Å². The highest BCUT2D eigenvalue weighted by molar-refractivity contribution is 5.45. The number of likely N-dealkylation sites (tertiary alicyclic amines) is 1. The van der Waals surface area contributed by atoms with Crippen LogP contribution in [0.15, 0.2) is 24.3 Å². The molecule has 21 heavy (non-hydrogen) atoms. The van der Waals surface area contributed by atoms with E-state index < -0.39 is 4.92 Å². The van der Waals surface area contributed by atoms with Gasteiger partial charge in [-0.3, -0.25) is 10.1 Å². The summed E-state index contributed by atoms with van der Waals surface area (Å²) >= 11 is 0. The maximum atomic E-state index is 10.8. The van der Waals surface area contributed by atoms with E-state index in [0.29, 0.717) is 12.4 Å². The second-order valence-corrected chi connectivity index (χ2v) is 5.35. The van der Waals surface area contributed by atoms with Gasteiger partial charge in [0.05, 0.1) is 17.6 Å². The molecule has 1 N–H and O–H groups in total. The number of aliphatic hydroxyl groups excluding tert-OH is 1. The van der Waals surface area contributed by atoms with E-state index in [2.05, 4.69) is 4.90 Å². The number of para-hydroxylation sites is 2. The minimum absolute atomic E-state index is 0.0162. The number of benzene rings is 1. The molecule has 6 nitrogen and oxygen atoms in total. The summed E-state index contributed by atoms with van der Waals surface area (Å²) in [5.74, 6) is 0.337. The molecule has 0 radical (unpaired) electrons. The lowest BCUT2D eigenvalue weighted by Gasteiger charge is -2.29. The number of hydrogen-bond acceptors (Lipinski definition) is 5. The number of nitro benzene ring substituents is 1. The van der Waals surface area contributed by atoms with Crippen LogP contribution in [0.25, 0.3) is 0 Å². The summed E-state index contributed by atoms with van der Waals surface area (Å²) in [5, 5.41) is 20.3. The van der Waals surface area contributed by atoms with Crippen LogP contribution in [0.1, 0.15) is 25.7 Å². The molecule has 0 aliphatic carbocycles. The van der Waals surface area contributed by atoms with E-state index in [1.807, 2.05) is 0 Å². The van der Waals surface area contributed by atoms with Crippen LogP contribution in [0.2, 0.25) is 0 Å². The number of ether oxygens (including phenoxy) is 1. The highest BCUT2D eigenvalue weighted by atomic mass is 16.6. The highest BCUT2D eigenvalue weighted by Crippen LogP contribution is 2.25. The van der Waals surface area contributed by atoms with Crippen molar-refractivity contribution < 1.29 is 14.8 Å². The van der Waals surface area contributed by atoms with Gasteiger partial charge < -0.3 is 14.7 Å².